The molecule has 7 heteroatoms. The van der Waals surface area contributed by atoms with Crippen molar-refractivity contribution in [2.75, 3.05) is 51.3 Å². The van der Waals surface area contributed by atoms with Crippen LogP contribution in [0.15, 0.2) is 0 Å². The monoisotopic (exact) mass is 249 g/mol. The lowest BCUT2D eigenvalue weighted by Crippen LogP contribution is -2.49. The van der Waals surface area contributed by atoms with Crippen LogP contribution >= 0.6 is 0 Å². The fourth-order valence-electron chi connectivity index (χ4n) is 1.59. The van der Waals surface area contributed by atoms with Crippen molar-refractivity contribution >= 4 is 15.7 Å². The van der Waals surface area contributed by atoms with Gasteiger partial charge in [-0.15, -0.1) is 0 Å². The highest BCUT2D eigenvalue weighted by atomic mass is 32.2. The topological polar surface area (TPSA) is 83.7 Å². The molecule has 1 aliphatic heterocycles. The summed E-state index contributed by atoms with van der Waals surface area (Å²) < 4.78 is 22.8. The van der Waals surface area contributed by atoms with Crippen LogP contribution in [-0.4, -0.2) is 75.4 Å². The van der Waals surface area contributed by atoms with Crippen molar-refractivity contribution in [3.8, 4) is 0 Å². The Balaban J connectivity index is 2.47. The number of nitrogens with two attached hydrogens (primary N) is 1. The Labute approximate surface area is 96.3 Å². The first kappa shape index (κ1) is 13.4. The van der Waals surface area contributed by atoms with E-state index in [2.05, 4.69) is 4.90 Å². The van der Waals surface area contributed by atoms with Crippen molar-refractivity contribution in [2.24, 2.45) is 5.73 Å². The molecule has 0 radical (unpaired) electrons. The van der Waals surface area contributed by atoms with Crippen LogP contribution in [0.1, 0.15) is 0 Å². The van der Waals surface area contributed by atoms with E-state index in [1.54, 1.807) is 4.90 Å². The van der Waals surface area contributed by atoms with Gasteiger partial charge in [0.25, 0.3) is 0 Å². The third-order valence-electron chi connectivity index (χ3n) is 2.63. The van der Waals surface area contributed by atoms with Crippen molar-refractivity contribution < 1.29 is 13.2 Å². The summed E-state index contributed by atoms with van der Waals surface area (Å²) in [6.07, 6.45) is 0. The van der Waals surface area contributed by atoms with Gasteiger partial charge in [0.05, 0.1) is 5.75 Å². The van der Waals surface area contributed by atoms with Crippen LogP contribution in [0.3, 0.4) is 0 Å². The van der Waals surface area contributed by atoms with Crippen molar-refractivity contribution in [3.63, 3.8) is 0 Å². The fraction of sp³-hybridized carbons (Fsp3) is 0.889. The molecule has 6 nitrogen and oxygen atoms in total. The number of piperazine rings is 1. The van der Waals surface area contributed by atoms with E-state index >= 15 is 0 Å². The minimum Gasteiger partial charge on any atom is -0.339 e. The van der Waals surface area contributed by atoms with Crippen LogP contribution in [-0.2, 0) is 14.6 Å². The summed E-state index contributed by atoms with van der Waals surface area (Å²) in [5.41, 5.74) is 5.18. The smallest absolute Gasteiger partial charge is 0.237 e. The fourth-order valence-corrected chi connectivity index (χ4v) is 2.65. The zero-order valence-corrected chi connectivity index (χ0v) is 10.4. The molecule has 2 N–H and O–H groups in total. The maximum absolute atomic E-state index is 11.7. The molecule has 1 aliphatic rings. The molecule has 0 atom stereocenters. The molecule has 94 valence electrons. The lowest BCUT2D eigenvalue weighted by atomic mass is 10.3. The van der Waals surface area contributed by atoms with E-state index in [1.807, 2.05) is 7.05 Å². The summed E-state index contributed by atoms with van der Waals surface area (Å²) in [6.45, 7) is 2.87. The summed E-state index contributed by atoms with van der Waals surface area (Å²) in [5.74, 6) is -0.832. The van der Waals surface area contributed by atoms with Crippen molar-refractivity contribution in [1.82, 2.24) is 9.80 Å². The SMILES string of the molecule is CN1CCN(C(=O)CS(=O)(=O)CCN)CC1. The van der Waals surface area contributed by atoms with E-state index in [-0.39, 0.29) is 18.2 Å². The second kappa shape index (κ2) is 5.60. The molecule has 0 saturated carbocycles. The van der Waals surface area contributed by atoms with Crippen molar-refractivity contribution in [2.45, 2.75) is 0 Å². The van der Waals surface area contributed by atoms with Crippen molar-refractivity contribution in [1.29, 1.82) is 0 Å². The minimum absolute atomic E-state index is 0.0678. The number of rotatable bonds is 4. The molecule has 0 spiro atoms. The van der Waals surface area contributed by atoms with E-state index in [0.29, 0.717) is 13.1 Å². The standard InChI is InChI=1S/C9H19N3O3S/c1-11-3-5-12(6-4-11)9(13)8-16(14,15)7-2-10/h2-8,10H2,1H3. The van der Waals surface area contributed by atoms with Crippen LogP contribution < -0.4 is 5.73 Å². The van der Waals surface area contributed by atoms with Crippen LogP contribution in [0.2, 0.25) is 0 Å². The molecule has 0 aromatic rings. The first-order valence-corrected chi connectivity index (χ1v) is 7.13. The van der Waals surface area contributed by atoms with E-state index in [0.717, 1.165) is 13.1 Å². The molecule has 0 aromatic carbocycles. The molecule has 1 fully saturated rings. The quantitative estimate of drug-likeness (QED) is 0.631. The third kappa shape index (κ3) is 4.07. The predicted molar refractivity (Wildman–Crippen MR) is 61.8 cm³/mol. The van der Waals surface area contributed by atoms with E-state index in [1.165, 1.54) is 0 Å². The number of nitrogens with zero attached hydrogens (tertiary/aromatic N) is 2. The average Bonchev–Trinajstić information content (AvgIpc) is 2.17. The molecule has 0 aliphatic carbocycles. The Hall–Kier alpha value is -0.660. The maximum atomic E-state index is 11.7. The summed E-state index contributed by atoms with van der Waals surface area (Å²) in [4.78, 5) is 15.4. The van der Waals surface area contributed by atoms with Gasteiger partial charge in [-0.1, -0.05) is 0 Å². The first-order chi connectivity index (χ1) is 7.44. The van der Waals surface area contributed by atoms with Gasteiger partial charge < -0.3 is 15.5 Å². The Bertz CT molecular complexity index is 334. The van der Waals surface area contributed by atoms with Gasteiger partial charge in [0.15, 0.2) is 9.84 Å². The summed E-state index contributed by atoms with van der Waals surface area (Å²) in [6, 6.07) is 0. The molecule has 1 saturated heterocycles. The maximum Gasteiger partial charge on any atom is 0.237 e. The van der Waals surface area contributed by atoms with Crippen LogP contribution in [0.4, 0.5) is 0 Å². The van der Waals surface area contributed by atoms with Crippen LogP contribution in [0.25, 0.3) is 0 Å². The largest absolute Gasteiger partial charge is 0.339 e. The second-order valence-electron chi connectivity index (χ2n) is 4.06. The number of likely N-dealkylation sites (N-methyl/N-ethyl adjacent to an activating group) is 1. The Kier molecular flexibility index (Phi) is 4.69. The molecular formula is C9H19N3O3S. The molecule has 0 unspecified atom stereocenters. The number of hydrogen-bond donors (Lipinski definition) is 1. The number of hydrogen-bond acceptors (Lipinski definition) is 5. The number of amides is 1. The Morgan fingerprint density at radius 3 is 2.31 bits per heavy atom. The number of sulfone groups is 1. The Morgan fingerprint density at radius 2 is 1.81 bits per heavy atom. The van der Waals surface area contributed by atoms with Gasteiger partial charge in [-0.3, -0.25) is 4.79 Å². The molecule has 0 bridgehead atoms. The molecule has 1 amide bonds. The van der Waals surface area contributed by atoms with Crippen LogP contribution in [0, 0.1) is 0 Å². The van der Waals surface area contributed by atoms with Crippen molar-refractivity contribution in [3.05, 3.63) is 0 Å². The summed E-state index contributed by atoms with van der Waals surface area (Å²) >= 11 is 0. The van der Waals surface area contributed by atoms with Gasteiger partial charge in [0, 0.05) is 32.7 Å². The summed E-state index contributed by atoms with van der Waals surface area (Å²) in [7, 11) is -1.34. The molecular weight excluding hydrogens is 230 g/mol. The zero-order valence-electron chi connectivity index (χ0n) is 9.55. The average molecular weight is 249 g/mol. The second-order valence-corrected chi connectivity index (χ2v) is 6.25. The zero-order chi connectivity index (χ0) is 12.2. The molecule has 1 heterocycles. The van der Waals surface area contributed by atoms with Gasteiger partial charge in [-0.25, -0.2) is 8.42 Å². The molecule has 16 heavy (non-hydrogen) atoms. The predicted octanol–water partition coefficient (Wildman–Crippen LogP) is -1.87. The van der Waals surface area contributed by atoms with E-state index < -0.39 is 15.6 Å². The number of carbonyl (C=O) groups is 1. The molecule has 1 rings (SSSR count). The van der Waals surface area contributed by atoms with Gasteiger partial charge in [-0.2, -0.15) is 0 Å². The van der Waals surface area contributed by atoms with E-state index in [9.17, 15) is 13.2 Å². The van der Waals surface area contributed by atoms with Gasteiger partial charge in [0.2, 0.25) is 5.91 Å². The Morgan fingerprint density at radius 1 is 1.25 bits per heavy atom. The lowest BCUT2D eigenvalue weighted by molar-refractivity contribution is -0.129. The lowest BCUT2D eigenvalue weighted by Gasteiger charge is -2.32. The highest BCUT2D eigenvalue weighted by Gasteiger charge is 2.23. The third-order valence-corrected chi connectivity index (χ3v) is 4.17. The number of carbonyl (C=O) groups excluding carboxylic acids is 1. The highest BCUT2D eigenvalue weighted by Crippen LogP contribution is 2.02. The van der Waals surface area contributed by atoms with Gasteiger partial charge >= 0.3 is 0 Å². The highest BCUT2D eigenvalue weighted by molar-refractivity contribution is 7.92. The van der Waals surface area contributed by atoms with Crippen LogP contribution in [0.5, 0.6) is 0 Å². The van der Waals surface area contributed by atoms with E-state index in [4.69, 9.17) is 5.73 Å². The normalized spacial score (nSPS) is 18.8. The summed E-state index contributed by atoms with van der Waals surface area (Å²) in [5, 5.41) is 0. The van der Waals surface area contributed by atoms with Gasteiger partial charge in [0.1, 0.15) is 5.75 Å². The first-order valence-electron chi connectivity index (χ1n) is 5.31. The van der Waals surface area contributed by atoms with Gasteiger partial charge in [-0.05, 0) is 7.05 Å². The molecule has 0 aromatic heterocycles. The minimum atomic E-state index is -3.32.